The van der Waals surface area contributed by atoms with E-state index in [4.69, 9.17) is 0 Å². The van der Waals surface area contributed by atoms with E-state index < -0.39 is 6.61 Å². The molecule has 0 atom stereocenters. The van der Waals surface area contributed by atoms with Crippen molar-refractivity contribution in [2.45, 2.75) is 6.61 Å². The van der Waals surface area contributed by atoms with Crippen LogP contribution in [0.3, 0.4) is 0 Å². The summed E-state index contributed by atoms with van der Waals surface area (Å²) in [5.41, 5.74) is 0.468. The van der Waals surface area contributed by atoms with Gasteiger partial charge in [-0.1, -0.05) is 12.1 Å². The minimum Gasteiger partial charge on any atom is -0.433 e. The number of alkyl halides is 2. The number of hydrogen-bond donors (Lipinski definition) is 2. The molecule has 4 nitrogen and oxygen atoms in total. The fraction of sp³-hybridized carbons (Fsp3) is 0.300. The zero-order valence-electron chi connectivity index (χ0n) is 8.41. The molecule has 1 aliphatic rings. The molecule has 0 amide bonds. The lowest BCUT2D eigenvalue weighted by Gasteiger charge is -2.12. The van der Waals surface area contributed by atoms with Crippen LogP contribution in [0, 0.1) is 0 Å². The van der Waals surface area contributed by atoms with Crippen molar-refractivity contribution in [3.05, 3.63) is 24.3 Å². The number of hydrogen-bond acceptors (Lipinski definition) is 4. The average molecular weight is 227 g/mol. The zero-order chi connectivity index (χ0) is 11.4. The highest BCUT2D eigenvalue weighted by Gasteiger charge is 2.11. The van der Waals surface area contributed by atoms with Crippen LogP contribution in [0.1, 0.15) is 0 Å². The number of nitrogens with zero attached hydrogens (tertiary/aromatic N) is 1. The Morgan fingerprint density at radius 2 is 2.19 bits per heavy atom. The third kappa shape index (κ3) is 2.59. The number of anilines is 1. The standard InChI is InChI=1S/C10H11F2N3O/c11-9(12)16-8-4-2-1-3-7(8)15-10-13-5-6-14-10/h1-4,9H,5-6H2,(H2,13,14,15). The van der Waals surface area contributed by atoms with Crippen LogP contribution in [0.2, 0.25) is 0 Å². The van der Waals surface area contributed by atoms with E-state index in [0.29, 0.717) is 18.2 Å². The van der Waals surface area contributed by atoms with Crippen LogP contribution in [-0.2, 0) is 0 Å². The Labute approximate surface area is 91.3 Å². The Hall–Kier alpha value is -1.85. The van der Waals surface area contributed by atoms with Gasteiger partial charge in [0.2, 0.25) is 0 Å². The Morgan fingerprint density at radius 3 is 2.88 bits per heavy atom. The number of rotatable bonds is 3. The van der Waals surface area contributed by atoms with Gasteiger partial charge in [0, 0.05) is 6.54 Å². The van der Waals surface area contributed by atoms with Crippen LogP contribution in [0.15, 0.2) is 29.3 Å². The van der Waals surface area contributed by atoms with Gasteiger partial charge in [0.1, 0.15) is 5.75 Å². The Balaban J connectivity index is 2.12. The van der Waals surface area contributed by atoms with Gasteiger partial charge in [-0.2, -0.15) is 8.78 Å². The molecule has 2 N–H and O–H groups in total. The Kier molecular flexibility index (Phi) is 3.19. The fourth-order valence-electron chi connectivity index (χ4n) is 1.38. The van der Waals surface area contributed by atoms with Crippen LogP contribution in [-0.4, -0.2) is 25.7 Å². The first-order valence-corrected chi connectivity index (χ1v) is 4.85. The molecule has 0 aliphatic carbocycles. The molecule has 0 saturated carbocycles. The number of para-hydroxylation sites is 2. The molecular weight excluding hydrogens is 216 g/mol. The second kappa shape index (κ2) is 4.78. The smallest absolute Gasteiger partial charge is 0.387 e. The maximum atomic E-state index is 12.1. The van der Waals surface area contributed by atoms with Gasteiger partial charge in [-0.05, 0) is 12.1 Å². The first kappa shape index (κ1) is 10.7. The molecule has 1 aliphatic heterocycles. The summed E-state index contributed by atoms with van der Waals surface area (Å²) in [6.45, 7) is -1.40. The monoisotopic (exact) mass is 227 g/mol. The second-order valence-corrected chi connectivity index (χ2v) is 3.16. The molecule has 1 aromatic carbocycles. The summed E-state index contributed by atoms with van der Waals surface area (Å²) in [5, 5.41) is 5.88. The molecule has 0 aromatic heterocycles. The first-order chi connectivity index (χ1) is 7.75. The SMILES string of the molecule is FC(F)Oc1ccccc1NC1=NCCN1. The quantitative estimate of drug-likeness (QED) is 0.825. The van der Waals surface area contributed by atoms with Gasteiger partial charge in [0.25, 0.3) is 0 Å². The van der Waals surface area contributed by atoms with Crippen molar-refractivity contribution >= 4 is 11.6 Å². The normalized spacial score (nSPS) is 14.6. The number of nitrogens with one attached hydrogen (secondary N) is 2. The summed E-state index contributed by atoms with van der Waals surface area (Å²) in [4.78, 5) is 4.10. The summed E-state index contributed by atoms with van der Waals surface area (Å²) in [6.07, 6.45) is 0. The third-order valence-corrected chi connectivity index (χ3v) is 2.03. The molecule has 2 rings (SSSR count). The van der Waals surface area contributed by atoms with Crippen LogP contribution in [0.25, 0.3) is 0 Å². The van der Waals surface area contributed by atoms with Crippen LogP contribution >= 0.6 is 0 Å². The summed E-state index contributed by atoms with van der Waals surface area (Å²) in [6, 6.07) is 6.49. The van der Waals surface area contributed by atoms with Crippen LogP contribution < -0.4 is 15.4 Å². The van der Waals surface area contributed by atoms with E-state index in [1.54, 1.807) is 18.2 Å². The maximum Gasteiger partial charge on any atom is 0.387 e. The van der Waals surface area contributed by atoms with Crippen molar-refractivity contribution in [3.63, 3.8) is 0 Å². The van der Waals surface area contributed by atoms with Gasteiger partial charge in [0.05, 0.1) is 12.2 Å². The lowest BCUT2D eigenvalue weighted by molar-refractivity contribution is -0.0493. The van der Waals surface area contributed by atoms with Gasteiger partial charge in [0.15, 0.2) is 5.96 Å². The van der Waals surface area contributed by atoms with Crippen LogP contribution in [0.4, 0.5) is 14.5 Å². The zero-order valence-corrected chi connectivity index (χ0v) is 8.41. The van der Waals surface area contributed by atoms with Crippen molar-refractivity contribution in [2.75, 3.05) is 18.4 Å². The fourth-order valence-corrected chi connectivity index (χ4v) is 1.38. The number of guanidine groups is 1. The van der Waals surface area contributed by atoms with E-state index in [1.165, 1.54) is 6.07 Å². The molecule has 0 saturated heterocycles. The minimum atomic E-state index is -2.83. The van der Waals surface area contributed by atoms with Crippen molar-refractivity contribution in [3.8, 4) is 5.75 Å². The predicted octanol–water partition coefficient (Wildman–Crippen LogP) is 1.66. The molecule has 0 fully saturated rings. The van der Waals surface area contributed by atoms with Crippen molar-refractivity contribution in [2.24, 2.45) is 4.99 Å². The predicted molar refractivity (Wildman–Crippen MR) is 57.0 cm³/mol. The van der Waals surface area contributed by atoms with Crippen molar-refractivity contribution < 1.29 is 13.5 Å². The molecule has 0 bridgehead atoms. The van der Waals surface area contributed by atoms with E-state index in [0.717, 1.165) is 6.54 Å². The van der Waals surface area contributed by atoms with Gasteiger partial charge >= 0.3 is 6.61 Å². The number of benzene rings is 1. The first-order valence-electron chi connectivity index (χ1n) is 4.85. The number of ether oxygens (including phenoxy) is 1. The van der Waals surface area contributed by atoms with E-state index in [1.807, 2.05) is 0 Å². The van der Waals surface area contributed by atoms with E-state index >= 15 is 0 Å². The molecule has 86 valence electrons. The maximum absolute atomic E-state index is 12.1. The van der Waals surface area contributed by atoms with Crippen molar-refractivity contribution in [1.82, 2.24) is 5.32 Å². The summed E-state index contributed by atoms with van der Waals surface area (Å²) in [7, 11) is 0. The molecule has 0 radical (unpaired) electrons. The van der Waals surface area contributed by atoms with Gasteiger partial charge in [-0.15, -0.1) is 0 Å². The molecule has 0 spiro atoms. The number of aliphatic imine (C=N–C) groups is 1. The minimum absolute atomic E-state index is 0.105. The lowest BCUT2D eigenvalue weighted by atomic mass is 10.3. The molecule has 6 heteroatoms. The van der Waals surface area contributed by atoms with E-state index in [9.17, 15) is 8.78 Å². The molecular formula is C10H11F2N3O. The third-order valence-electron chi connectivity index (χ3n) is 2.03. The van der Waals surface area contributed by atoms with E-state index in [-0.39, 0.29) is 5.75 Å². The Morgan fingerprint density at radius 1 is 1.38 bits per heavy atom. The lowest BCUT2D eigenvalue weighted by Crippen LogP contribution is -2.26. The van der Waals surface area contributed by atoms with Gasteiger partial charge in [-0.25, -0.2) is 0 Å². The average Bonchev–Trinajstić information content (AvgIpc) is 2.73. The Bertz CT molecular complexity index is 395. The van der Waals surface area contributed by atoms with Crippen LogP contribution in [0.5, 0.6) is 5.75 Å². The molecule has 1 heterocycles. The number of halogens is 2. The topological polar surface area (TPSA) is 45.6 Å². The highest BCUT2D eigenvalue weighted by atomic mass is 19.3. The summed E-state index contributed by atoms with van der Waals surface area (Å²) < 4.78 is 28.6. The highest BCUT2D eigenvalue weighted by molar-refractivity contribution is 5.95. The molecule has 1 aromatic rings. The molecule has 16 heavy (non-hydrogen) atoms. The largest absolute Gasteiger partial charge is 0.433 e. The van der Waals surface area contributed by atoms with Gasteiger partial charge in [-0.3, -0.25) is 4.99 Å². The molecule has 0 unspecified atom stereocenters. The second-order valence-electron chi connectivity index (χ2n) is 3.16. The summed E-state index contributed by atoms with van der Waals surface area (Å²) >= 11 is 0. The highest BCUT2D eigenvalue weighted by Crippen LogP contribution is 2.25. The van der Waals surface area contributed by atoms with Crippen molar-refractivity contribution in [1.29, 1.82) is 0 Å². The van der Waals surface area contributed by atoms with Gasteiger partial charge < -0.3 is 15.4 Å². The van der Waals surface area contributed by atoms with E-state index in [2.05, 4.69) is 20.4 Å². The summed E-state index contributed by atoms with van der Waals surface area (Å²) in [5.74, 6) is 0.680.